The lowest BCUT2D eigenvalue weighted by atomic mass is 10.0. The fourth-order valence-electron chi connectivity index (χ4n) is 5.10. The van der Waals surface area contributed by atoms with Crippen LogP contribution in [0.3, 0.4) is 0 Å². The van der Waals surface area contributed by atoms with Gasteiger partial charge in [-0.25, -0.2) is 4.79 Å². The number of pyridine rings is 1. The number of anilines is 1. The first kappa shape index (κ1) is 24.4. The molecule has 0 N–H and O–H groups in total. The number of carbonyl (C=O) groups excluding carboxylic acids is 1. The molecule has 7 heteroatoms. The average molecular weight is 490 g/mol. The van der Waals surface area contributed by atoms with E-state index in [-0.39, 0.29) is 12.1 Å². The second-order valence-corrected chi connectivity index (χ2v) is 9.67. The highest BCUT2D eigenvalue weighted by molar-refractivity contribution is 5.96. The zero-order valence-electron chi connectivity index (χ0n) is 21.5. The number of nitrogens with zero attached hydrogens (tertiary/aromatic N) is 3. The van der Waals surface area contributed by atoms with Crippen molar-refractivity contribution < 1.29 is 19.0 Å². The van der Waals surface area contributed by atoms with Crippen LogP contribution in [0, 0.1) is 6.92 Å². The average Bonchev–Trinajstić information content (AvgIpc) is 3.32. The second kappa shape index (κ2) is 10.4. The zero-order valence-corrected chi connectivity index (χ0v) is 21.5. The van der Waals surface area contributed by atoms with Gasteiger partial charge in [-0.3, -0.25) is 0 Å². The van der Waals surface area contributed by atoms with Crippen LogP contribution in [0.15, 0.2) is 49.2 Å². The summed E-state index contributed by atoms with van der Waals surface area (Å²) in [5, 5.41) is 0. The third kappa shape index (κ3) is 4.73. The van der Waals surface area contributed by atoms with E-state index in [0.717, 1.165) is 73.0 Å². The Balaban J connectivity index is 1.63. The maximum atomic E-state index is 13.2. The third-order valence-electron chi connectivity index (χ3n) is 6.97. The van der Waals surface area contributed by atoms with E-state index in [0.29, 0.717) is 18.8 Å². The molecule has 2 saturated heterocycles. The molecule has 0 bridgehead atoms. The van der Waals surface area contributed by atoms with Gasteiger partial charge in [0, 0.05) is 43.6 Å². The van der Waals surface area contributed by atoms with E-state index in [1.807, 2.05) is 26.8 Å². The minimum absolute atomic E-state index is 0.199. The fourth-order valence-corrected chi connectivity index (χ4v) is 5.10. The Hall–Kier alpha value is -3.29. The van der Waals surface area contributed by atoms with Gasteiger partial charge in [-0.05, 0) is 56.2 Å². The molecule has 3 aromatic rings. The van der Waals surface area contributed by atoms with Crippen LogP contribution in [0.5, 0.6) is 0 Å². The van der Waals surface area contributed by atoms with E-state index in [1.54, 1.807) is 0 Å². The molecule has 5 rings (SSSR count). The molecule has 2 aliphatic rings. The molecule has 36 heavy (non-hydrogen) atoms. The number of benzene rings is 1. The van der Waals surface area contributed by atoms with Crippen LogP contribution in [-0.4, -0.2) is 74.0 Å². The number of esters is 1. The molecule has 2 fully saturated rings. The zero-order chi connectivity index (χ0) is 25.2. The van der Waals surface area contributed by atoms with Gasteiger partial charge in [-0.15, -0.1) is 0 Å². The number of fused-ring (bicyclic) bond motifs is 1. The van der Waals surface area contributed by atoms with Gasteiger partial charge in [0.15, 0.2) is 0 Å². The molecule has 1 aromatic carbocycles. The summed E-state index contributed by atoms with van der Waals surface area (Å²) >= 11 is 0. The van der Waals surface area contributed by atoms with Crippen molar-refractivity contribution in [3.63, 3.8) is 0 Å². The van der Waals surface area contributed by atoms with Crippen molar-refractivity contribution in [2.75, 3.05) is 57.5 Å². The minimum Gasteiger partial charge on any atom is -0.459 e. The van der Waals surface area contributed by atoms with Crippen molar-refractivity contribution in [2.45, 2.75) is 26.9 Å². The van der Waals surface area contributed by atoms with Gasteiger partial charge >= 0.3 is 5.97 Å². The number of ether oxygens (including phenoxy) is 3. The van der Waals surface area contributed by atoms with Crippen LogP contribution in [0.4, 0.5) is 5.69 Å². The summed E-state index contributed by atoms with van der Waals surface area (Å²) in [6.07, 6.45) is 1.88. The Morgan fingerprint density at radius 2 is 1.69 bits per heavy atom. The molecule has 0 aliphatic carbocycles. The van der Waals surface area contributed by atoms with Crippen molar-refractivity contribution in [1.82, 2.24) is 9.30 Å². The van der Waals surface area contributed by atoms with Crippen LogP contribution in [0.25, 0.3) is 22.3 Å². The van der Waals surface area contributed by atoms with Gasteiger partial charge in [-0.2, -0.15) is 0 Å². The quantitative estimate of drug-likeness (QED) is 0.471. The number of hydrogen-bond acceptors (Lipinski definition) is 6. The topological polar surface area (TPSA) is 55.6 Å². The summed E-state index contributed by atoms with van der Waals surface area (Å²) in [4.78, 5) is 17.8. The predicted octanol–water partition coefficient (Wildman–Crippen LogP) is 4.62. The summed E-state index contributed by atoms with van der Waals surface area (Å²) in [5.74, 6) is -0.310. The van der Waals surface area contributed by atoms with E-state index in [9.17, 15) is 4.79 Å². The number of morpholine rings is 2. The van der Waals surface area contributed by atoms with E-state index in [2.05, 4.69) is 57.3 Å². The molecule has 0 spiro atoms. The molecule has 4 heterocycles. The standard InChI is InChI=1S/C29H35N3O4/c1-20(2)36-29(33)26-19-27-25(23-6-5-7-24(18-23)31-12-16-35-17-13-31)8-9-32(27)28(21(26)3)22(4)30-10-14-34-15-11-30/h5-9,18-20H,4,10-17H2,1-3H3. The Morgan fingerprint density at radius 3 is 2.39 bits per heavy atom. The maximum Gasteiger partial charge on any atom is 0.338 e. The predicted molar refractivity (Wildman–Crippen MR) is 143 cm³/mol. The second-order valence-electron chi connectivity index (χ2n) is 9.67. The lowest BCUT2D eigenvalue weighted by molar-refractivity contribution is 0.0377. The largest absolute Gasteiger partial charge is 0.459 e. The Bertz CT molecular complexity index is 1270. The van der Waals surface area contributed by atoms with Gasteiger partial charge in [0.1, 0.15) is 0 Å². The van der Waals surface area contributed by atoms with Gasteiger partial charge < -0.3 is 28.4 Å². The van der Waals surface area contributed by atoms with Crippen LogP contribution in [0.2, 0.25) is 0 Å². The molecule has 2 aromatic heterocycles. The summed E-state index contributed by atoms with van der Waals surface area (Å²) in [6.45, 7) is 16.3. The SMILES string of the molecule is C=C(c1c(C)c(C(=O)OC(C)C)cc2c(-c3cccc(N4CCOCC4)c3)ccn12)N1CCOCC1. The molecule has 190 valence electrons. The molecular formula is C29H35N3O4. The number of rotatable bonds is 6. The summed E-state index contributed by atoms with van der Waals surface area (Å²) < 4.78 is 18.9. The van der Waals surface area contributed by atoms with Gasteiger partial charge in [0.05, 0.1) is 55.0 Å². The van der Waals surface area contributed by atoms with E-state index in [1.165, 1.54) is 5.69 Å². The minimum atomic E-state index is -0.310. The monoisotopic (exact) mass is 489 g/mol. The molecule has 7 nitrogen and oxygen atoms in total. The molecular weight excluding hydrogens is 454 g/mol. The normalized spacial score (nSPS) is 16.6. The lowest BCUT2D eigenvalue weighted by Crippen LogP contribution is -2.36. The number of hydrogen-bond donors (Lipinski definition) is 0. The van der Waals surface area contributed by atoms with Crippen molar-refractivity contribution in [2.24, 2.45) is 0 Å². The van der Waals surface area contributed by atoms with Crippen LogP contribution >= 0.6 is 0 Å². The highest BCUT2D eigenvalue weighted by Gasteiger charge is 2.24. The highest BCUT2D eigenvalue weighted by Crippen LogP contribution is 2.34. The first-order valence-corrected chi connectivity index (χ1v) is 12.7. The molecule has 0 atom stereocenters. The first-order valence-electron chi connectivity index (χ1n) is 12.7. The smallest absolute Gasteiger partial charge is 0.338 e. The van der Waals surface area contributed by atoms with Crippen molar-refractivity contribution in [1.29, 1.82) is 0 Å². The summed E-state index contributed by atoms with van der Waals surface area (Å²) in [5.41, 5.74) is 7.58. The van der Waals surface area contributed by atoms with Gasteiger partial charge in [-0.1, -0.05) is 18.7 Å². The maximum absolute atomic E-state index is 13.2. The first-order chi connectivity index (χ1) is 17.4. The van der Waals surface area contributed by atoms with Crippen LogP contribution < -0.4 is 4.90 Å². The highest BCUT2D eigenvalue weighted by atomic mass is 16.5. The number of aromatic nitrogens is 1. The molecule has 0 unspecified atom stereocenters. The Morgan fingerprint density at radius 1 is 1.00 bits per heavy atom. The molecule has 0 amide bonds. The van der Waals surface area contributed by atoms with Crippen LogP contribution in [-0.2, 0) is 14.2 Å². The summed E-state index contributed by atoms with van der Waals surface area (Å²) in [7, 11) is 0. The van der Waals surface area contributed by atoms with E-state index in [4.69, 9.17) is 14.2 Å². The van der Waals surface area contributed by atoms with Crippen molar-refractivity contribution in [3.8, 4) is 11.1 Å². The fraction of sp³-hybridized carbons (Fsp3) is 0.414. The Kier molecular flexibility index (Phi) is 7.03. The van der Waals surface area contributed by atoms with Gasteiger partial charge in [0.25, 0.3) is 0 Å². The van der Waals surface area contributed by atoms with Crippen molar-refractivity contribution >= 4 is 22.9 Å². The molecule has 0 saturated carbocycles. The Labute approximate surface area is 212 Å². The number of carbonyl (C=O) groups is 1. The lowest BCUT2D eigenvalue weighted by Gasteiger charge is -2.32. The van der Waals surface area contributed by atoms with E-state index < -0.39 is 0 Å². The van der Waals surface area contributed by atoms with Crippen molar-refractivity contribution in [3.05, 3.63) is 66.0 Å². The van der Waals surface area contributed by atoms with Gasteiger partial charge in [0.2, 0.25) is 0 Å². The molecule has 2 aliphatic heterocycles. The summed E-state index contributed by atoms with van der Waals surface area (Å²) in [6, 6.07) is 12.7. The third-order valence-corrected chi connectivity index (χ3v) is 6.97. The van der Waals surface area contributed by atoms with E-state index >= 15 is 0 Å². The molecule has 0 radical (unpaired) electrons. The van der Waals surface area contributed by atoms with Crippen LogP contribution in [0.1, 0.15) is 35.5 Å².